The van der Waals surface area contributed by atoms with Gasteiger partial charge in [0.15, 0.2) is 0 Å². The molecule has 0 aromatic heterocycles. The van der Waals surface area contributed by atoms with Gasteiger partial charge in [-0.25, -0.2) is 0 Å². The van der Waals surface area contributed by atoms with Gasteiger partial charge in [-0.3, -0.25) is 9.36 Å². The molecule has 0 aromatic carbocycles. The number of nitrogens with one attached hydrogen (secondary N) is 1. The number of phosphoric acid groups is 1. The Morgan fingerprint density at radius 3 is 1.09 bits per heavy atom. The summed E-state index contributed by atoms with van der Waals surface area (Å²) in [6.45, 7) is 4.69. The first kappa shape index (κ1) is 73.0. The van der Waals surface area contributed by atoms with Gasteiger partial charge in [-0.05, 0) is 32.1 Å². The molecule has 74 heavy (non-hydrogen) atoms. The summed E-state index contributed by atoms with van der Waals surface area (Å²) in [7, 11) is 1.26. The fraction of sp³-hybridized carbons (Fsp3) is 0.923. The lowest BCUT2D eigenvalue weighted by Crippen LogP contribution is -2.45. The van der Waals surface area contributed by atoms with Crippen molar-refractivity contribution < 1.29 is 32.9 Å². The number of quaternary nitrogens is 1. The molecule has 0 aliphatic rings. The van der Waals surface area contributed by atoms with E-state index in [1.165, 1.54) is 276 Å². The number of carbonyl (C=O) groups is 1. The SMILES string of the molecule is CCCCCCCCCCCCCCCCCCCCCC/C=C/CC/C=C/C(O)C(COP(=O)([O-])OCC[N+](C)(C)C)NC(=O)CCCCCCCCCCCCCCCCCCCCCCCCCCCC. The highest BCUT2D eigenvalue weighted by atomic mass is 31.2. The zero-order valence-corrected chi connectivity index (χ0v) is 51.2. The number of aliphatic hydroxyl groups excluding tert-OH is 1. The van der Waals surface area contributed by atoms with E-state index >= 15 is 0 Å². The molecule has 0 radical (unpaired) electrons. The van der Waals surface area contributed by atoms with Gasteiger partial charge in [0.25, 0.3) is 7.82 Å². The van der Waals surface area contributed by atoms with Crippen molar-refractivity contribution in [3.63, 3.8) is 0 Å². The number of unbranched alkanes of at least 4 members (excludes halogenated alkanes) is 46. The van der Waals surface area contributed by atoms with Crippen LogP contribution in [0.1, 0.15) is 335 Å². The van der Waals surface area contributed by atoms with Crippen molar-refractivity contribution in [2.75, 3.05) is 40.9 Å². The molecule has 8 nitrogen and oxygen atoms in total. The molecule has 0 rings (SSSR count). The maximum atomic E-state index is 13.0. The largest absolute Gasteiger partial charge is 0.756 e. The number of hydrogen-bond donors (Lipinski definition) is 2. The van der Waals surface area contributed by atoms with Crippen molar-refractivity contribution in [2.45, 2.75) is 347 Å². The summed E-state index contributed by atoms with van der Waals surface area (Å²) in [5, 5.41) is 13.9. The van der Waals surface area contributed by atoms with E-state index in [-0.39, 0.29) is 19.1 Å². The number of aliphatic hydroxyl groups is 1. The molecule has 1 amide bonds. The Labute approximate surface area is 462 Å². The fourth-order valence-corrected chi connectivity index (χ4v) is 10.8. The van der Waals surface area contributed by atoms with Crippen LogP contribution in [0, 0.1) is 0 Å². The third kappa shape index (κ3) is 58.7. The fourth-order valence-electron chi connectivity index (χ4n) is 10.1. The molecule has 0 bridgehead atoms. The standard InChI is InChI=1S/C65H129N2O6P/c1-6-8-10-12-14-16-18-20-22-24-26-28-30-32-34-36-38-40-42-44-46-48-50-52-54-56-58-64(68)63(62-73-74(70,71)72-61-60-67(3,4)5)66-65(69)59-57-55-53-51-49-47-45-43-41-39-37-35-33-31-29-27-25-23-21-19-17-15-13-11-9-7-2/h48,50,56,58,63-64,68H,6-47,49,51-55,57,59-62H2,1-5H3,(H-,66,69,70,71)/b50-48+,58-56+. The highest BCUT2D eigenvalue weighted by Gasteiger charge is 2.23. The van der Waals surface area contributed by atoms with Crippen LogP contribution in [-0.4, -0.2) is 68.5 Å². The minimum atomic E-state index is -4.61. The van der Waals surface area contributed by atoms with E-state index in [0.717, 1.165) is 38.5 Å². The van der Waals surface area contributed by atoms with Crippen molar-refractivity contribution in [1.82, 2.24) is 5.32 Å². The number of carbonyl (C=O) groups excluding carboxylic acids is 1. The summed E-state index contributed by atoms with van der Waals surface area (Å²) in [6.07, 6.45) is 72.9. The maximum absolute atomic E-state index is 13.0. The second kappa shape index (κ2) is 56.7. The first-order chi connectivity index (χ1) is 36.0. The third-order valence-corrected chi connectivity index (χ3v) is 16.1. The van der Waals surface area contributed by atoms with Gasteiger partial charge < -0.3 is 28.8 Å². The van der Waals surface area contributed by atoms with E-state index in [4.69, 9.17) is 9.05 Å². The smallest absolute Gasteiger partial charge is 0.268 e. The number of hydrogen-bond acceptors (Lipinski definition) is 6. The Balaban J connectivity index is 4.13. The van der Waals surface area contributed by atoms with Gasteiger partial charge in [0.1, 0.15) is 13.2 Å². The van der Waals surface area contributed by atoms with E-state index in [1.54, 1.807) is 6.08 Å². The third-order valence-electron chi connectivity index (χ3n) is 15.2. The number of allylic oxidation sites excluding steroid dienone is 3. The topological polar surface area (TPSA) is 108 Å². The molecule has 0 aliphatic heterocycles. The van der Waals surface area contributed by atoms with Gasteiger partial charge in [0.2, 0.25) is 5.91 Å². The zero-order valence-electron chi connectivity index (χ0n) is 50.3. The van der Waals surface area contributed by atoms with E-state index in [2.05, 4.69) is 31.3 Å². The molecular formula is C65H129N2O6P. The summed E-state index contributed by atoms with van der Waals surface area (Å²) < 4.78 is 23.4. The molecule has 0 aromatic rings. The molecule has 3 unspecified atom stereocenters. The predicted molar refractivity (Wildman–Crippen MR) is 321 cm³/mol. The van der Waals surface area contributed by atoms with Crippen molar-refractivity contribution in [3.8, 4) is 0 Å². The number of nitrogens with zero attached hydrogens (tertiary/aromatic N) is 1. The molecule has 3 atom stereocenters. The van der Waals surface area contributed by atoms with Crippen LogP contribution < -0.4 is 10.2 Å². The average Bonchev–Trinajstić information content (AvgIpc) is 3.36. The van der Waals surface area contributed by atoms with Gasteiger partial charge in [-0.1, -0.05) is 321 Å². The Morgan fingerprint density at radius 1 is 0.459 bits per heavy atom. The normalized spacial score (nSPS) is 13.9. The van der Waals surface area contributed by atoms with E-state index in [1.807, 2.05) is 27.2 Å². The summed E-state index contributed by atoms with van der Waals surface area (Å²) in [6, 6.07) is -0.901. The minimum Gasteiger partial charge on any atom is -0.756 e. The van der Waals surface area contributed by atoms with Gasteiger partial charge in [0.05, 0.1) is 39.9 Å². The Morgan fingerprint density at radius 2 is 0.757 bits per heavy atom. The molecule has 2 N–H and O–H groups in total. The molecule has 9 heteroatoms. The number of amides is 1. The number of likely N-dealkylation sites (N-methyl/N-ethyl adjacent to an activating group) is 1. The second-order valence-electron chi connectivity index (χ2n) is 23.8. The predicted octanol–water partition coefficient (Wildman–Crippen LogP) is 19.7. The number of rotatable bonds is 61. The molecule has 0 fully saturated rings. The van der Waals surface area contributed by atoms with Crippen LogP contribution in [0.2, 0.25) is 0 Å². The van der Waals surface area contributed by atoms with Crippen LogP contribution in [0.15, 0.2) is 24.3 Å². The minimum absolute atomic E-state index is 0.00349. The van der Waals surface area contributed by atoms with Gasteiger partial charge in [-0.15, -0.1) is 0 Å². The van der Waals surface area contributed by atoms with Crippen LogP contribution >= 0.6 is 7.82 Å². The first-order valence-corrected chi connectivity index (χ1v) is 34.2. The maximum Gasteiger partial charge on any atom is 0.268 e. The summed E-state index contributed by atoms with van der Waals surface area (Å²) in [5.41, 5.74) is 0. The second-order valence-corrected chi connectivity index (χ2v) is 25.2. The van der Waals surface area contributed by atoms with Gasteiger partial charge in [-0.2, -0.15) is 0 Å². The Kier molecular flexibility index (Phi) is 55.9. The summed E-state index contributed by atoms with van der Waals surface area (Å²) in [4.78, 5) is 25.6. The van der Waals surface area contributed by atoms with Crippen LogP contribution in [-0.2, 0) is 18.4 Å². The van der Waals surface area contributed by atoms with Crippen molar-refractivity contribution in [3.05, 3.63) is 24.3 Å². The van der Waals surface area contributed by atoms with Crippen LogP contribution in [0.3, 0.4) is 0 Å². The molecule has 0 spiro atoms. The molecule has 0 heterocycles. The van der Waals surface area contributed by atoms with E-state index in [9.17, 15) is 19.4 Å². The lowest BCUT2D eigenvalue weighted by molar-refractivity contribution is -0.870. The van der Waals surface area contributed by atoms with Crippen molar-refractivity contribution >= 4 is 13.7 Å². The molecular weight excluding hydrogens is 936 g/mol. The van der Waals surface area contributed by atoms with Crippen molar-refractivity contribution in [1.29, 1.82) is 0 Å². The van der Waals surface area contributed by atoms with E-state index < -0.39 is 20.0 Å². The lowest BCUT2D eigenvalue weighted by atomic mass is 10.0. The molecule has 440 valence electrons. The summed E-state index contributed by atoms with van der Waals surface area (Å²) in [5.74, 6) is -0.199. The first-order valence-electron chi connectivity index (χ1n) is 32.7. The van der Waals surface area contributed by atoms with Gasteiger partial charge in [0, 0.05) is 6.42 Å². The Bertz CT molecular complexity index is 1260. The summed E-state index contributed by atoms with van der Waals surface area (Å²) >= 11 is 0. The Hall–Kier alpha value is -1.02. The highest BCUT2D eigenvalue weighted by Crippen LogP contribution is 2.38. The van der Waals surface area contributed by atoms with E-state index in [0.29, 0.717) is 17.4 Å². The monoisotopic (exact) mass is 1060 g/mol. The van der Waals surface area contributed by atoms with Gasteiger partial charge >= 0.3 is 0 Å². The number of phosphoric ester groups is 1. The molecule has 0 aliphatic carbocycles. The van der Waals surface area contributed by atoms with Crippen LogP contribution in [0.5, 0.6) is 0 Å². The quantitative estimate of drug-likeness (QED) is 0.0272. The zero-order chi connectivity index (χ0) is 54.2. The average molecular weight is 1070 g/mol. The van der Waals surface area contributed by atoms with Crippen LogP contribution in [0.4, 0.5) is 0 Å². The lowest BCUT2D eigenvalue weighted by Gasteiger charge is -2.29. The highest BCUT2D eigenvalue weighted by molar-refractivity contribution is 7.45. The molecule has 0 saturated carbocycles. The van der Waals surface area contributed by atoms with Crippen LogP contribution in [0.25, 0.3) is 0 Å². The molecule has 0 saturated heterocycles. The van der Waals surface area contributed by atoms with Crippen molar-refractivity contribution in [2.24, 2.45) is 0 Å².